The second-order valence-electron chi connectivity index (χ2n) is 5.66. The third kappa shape index (κ3) is 4.03. The third-order valence-corrected chi connectivity index (χ3v) is 4.45. The monoisotopic (exact) mass is 412 g/mol. The summed E-state index contributed by atoms with van der Waals surface area (Å²) in [6.07, 6.45) is 0.164. The average molecular weight is 413 g/mol. The van der Waals surface area contributed by atoms with Crippen LogP contribution in [-0.2, 0) is 11.2 Å². The Morgan fingerprint density at radius 3 is 2.58 bits per heavy atom. The molecule has 0 unspecified atom stereocenters. The van der Waals surface area contributed by atoms with Crippen LogP contribution in [0.15, 0.2) is 65.1 Å². The van der Waals surface area contributed by atoms with E-state index in [4.69, 9.17) is 4.74 Å². The van der Waals surface area contributed by atoms with Crippen molar-refractivity contribution in [2.45, 2.75) is 6.42 Å². The first-order valence-electron chi connectivity index (χ1n) is 7.98. The summed E-state index contributed by atoms with van der Waals surface area (Å²) in [5, 5.41) is 2.09. The van der Waals surface area contributed by atoms with Gasteiger partial charge in [0, 0.05) is 4.47 Å². The molecule has 0 spiro atoms. The number of methoxy groups -OCH3 is 1. The van der Waals surface area contributed by atoms with E-state index < -0.39 is 5.91 Å². The number of halogens is 1. The van der Waals surface area contributed by atoms with Crippen LogP contribution in [0.1, 0.15) is 15.9 Å². The minimum atomic E-state index is -0.450. The molecule has 0 fully saturated rings. The van der Waals surface area contributed by atoms with Gasteiger partial charge in [-0.1, -0.05) is 58.4 Å². The highest BCUT2D eigenvalue weighted by Crippen LogP contribution is 2.22. The Bertz CT molecular complexity index is 967. The number of hydrogen-bond donors (Lipinski definition) is 2. The van der Waals surface area contributed by atoms with Crippen molar-refractivity contribution in [3.8, 4) is 5.75 Å². The molecule has 5 nitrogen and oxygen atoms in total. The molecule has 0 radical (unpaired) electrons. The highest BCUT2D eigenvalue weighted by atomic mass is 79.9. The zero-order valence-electron chi connectivity index (χ0n) is 14.1. The summed E-state index contributed by atoms with van der Waals surface area (Å²) in [5.74, 6) is -0.327. The number of hydrogen-bond acceptors (Lipinski definition) is 3. The summed E-state index contributed by atoms with van der Waals surface area (Å²) in [6.45, 7) is 0. The van der Waals surface area contributed by atoms with Crippen LogP contribution >= 0.6 is 15.9 Å². The van der Waals surface area contributed by atoms with Crippen molar-refractivity contribution in [1.82, 2.24) is 10.9 Å². The highest BCUT2D eigenvalue weighted by molar-refractivity contribution is 9.10. The number of benzene rings is 3. The molecule has 0 aliphatic rings. The number of carbonyl (C=O) groups excluding carboxylic acids is 2. The molecule has 3 rings (SSSR count). The first-order valence-corrected chi connectivity index (χ1v) is 8.77. The molecule has 2 amide bonds. The summed E-state index contributed by atoms with van der Waals surface area (Å²) < 4.78 is 5.92. The van der Waals surface area contributed by atoms with Crippen molar-refractivity contribution >= 4 is 38.5 Å². The Morgan fingerprint density at radius 2 is 1.77 bits per heavy atom. The molecule has 0 aliphatic heterocycles. The molecule has 132 valence electrons. The molecule has 0 aromatic heterocycles. The van der Waals surface area contributed by atoms with Gasteiger partial charge in [0.1, 0.15) is 5.75 Å². The Kier molecular flexibility index (Phi) is 5.53. The van der Waals surface area contributed by atoms with Crippen LogP contribution in [0.4, 0.5) is 0 Å². The Labute approximate surface area is 159 Å². The van der Waals surface area contributed by atoms with Crippen molar-refractivity contribution in [3.05, 3.63) is 76.3 Å². The fourth-order valence-electron chi connectivity index (χ4n) is 2.72. The molecule has 0 heterocycles. The van der Waals surface area contributed by atoms with Gasteiger partial charge in [-0.2, -0.15) is 0 Å². The molecule has 3 aromatic rings. The minimum Gasteiger partial charge on any atom is -0.496 e. The fraction of sp³-hybridized carbons (Fsp3) is 0.100. The fourth-order valence-corrected chi connectivity index (χ4v) is 3.08. The molecule has 6 heteroatoms. The second kappa shape index (κ2) is 8.01. The van der Waals surface area contributed by atoms with E-state index in [0.717, 1.165) is 20.8 Å². The Balaban J connectivity index is 1.67. The van der Waals surface area contributed by atoms with Gasteiger partial charge in [0.2, 0.25) is 5.91 Å². The quantitative estimate of drug-likeness (QED) is 0.643. The van der Waals surface area contributed by atoms with Crippen LogP contribution in [0.5, 0.6) is 5.75 Å². The van der Waals surface area contributed by atoms with Crippen LogP contribution in [-0.4, -0.2) is 18.9 Å². The molecular formula is C20H17BrN2O3. The molecule has 0 aliphatic carbocycles. The van der Waals surface area contributed by atoms with Crippen LogP contribution in [0, 0.1) is 0 Å². The van der Waals surface area contributed by atoms with Gasteiger partial charge in [0.25, 0.3) is 5.91 Å². The number of carbonyl (C=O) groups is 2. The second-order valence-corrected chi connectivity index (χ2v) is 6.58. The maximum Gasteiger partial charge on any atom is 0.273 e. The zero-order chi connectivity index (χ0) is 18.5. The molecule has 0 saturated carbocycles. The Hall–Kier alpha value is -2.86. The van der Waals surface area contributed by atoms with E-state index in [1.54, 1.807) is 18.2 Å². The van der Waals surface area contributed by atoms with E-state index >= 15 is 0 Å². The lowest BCUT2D eigenvalue weighted by molar-refractivity contribution is -0.121. The lowest BCUT2D eigenvalue weighted by atomic mass is 10.0. The van der Waals surface area contributed by atoms with Crippen molar-refractivity contribution in [2.75, 3.05) is 7.11 Å². The van der Waals surface area contributed by atoms with Gasteiger partial charge in [0.15, 0.2) is 0 Å². The predicted octanol–water partition coefficient (Wildman–Crippen LogP) is 3.61. The lowest BCUT2D eigenvalue weighted by Gasteiger charge is -2.11. The van der Waals surface area contributed by atoms with Crippen molar-refractivity contribution in [2.24, 2.45) is 0 Å². The minimum absolute atomic E-state index is 0.164. The van der Waals surface area contributed by atoms with Crippen LogP contribution in [0.3, 0.4) is 0 Å². The number of rotatable bonds is 4. The van der Waals surface area contributed by atoms with Gasteiger partial charge in [0.05, 0.1) is 19.1 Å². The summed E-state index contributed by atoms with van der Waals surface area (Å²) in [6, 6.07) is 18.8. The number of ether oxygens (including phenoxy) is 1. The number of hydrazine groups is 1. The third-order valence-electron chi connectivity index (χ3n) is 3.95. The lowest BCUT2D eigenvalue weighted by Crippen LogP contribution is -2.42. The summed E-state index contributed by atoms with van der Waals surface area (Å²) in [5.41, 5.74) is 6.11. The SMILES string of the molecule is COc1ccc(Br)cc1C(=O)NNC(=O)Cc1cccc2ccccc12. The summed E-state index contributed by atoms with van der Waals surface area (Å²) in [7, 11) is 1.49. The number of nitrogens with one attached hydrogen (secondary N) is 2. The van der Waals surface area contributed by atoms with Crippen molar-refractivity contribution < 1.29 is 14.3 Å². The standard InChI is InChI=1S/C20H17BrN2O3/c1-26-18-10-9-15(21)12-17(18)20(25)23-22-19(24)11-14-7-4-6-13-5-2-3-8-16(13)14/h2-10,12H,11H2,1H3,(H,22,24)(H,23,25). The van der Waals surface area contributed by atoms with E-state index in [-0.39, 0.29) is 12.3 Å². The molecule has 2 N–H and O–H groups in total. The largest absolute Gasteiger partial charge is 0.496 e. The zero-order valence-corrected chi connectivity index (χ0v) is 15.7. The highest BCUT2D eigenvalue weighted by Gasteiger charge is 2.14. The van der Waals surface area contributed by atoms with Gasteiger partial charge in [-0.25, -0.2) is 0 Å². The molecule has 26 heavy (non-hydrogen) atoms. The first kappa shape index (κ1) is 17.9. The van der Waals surface area contributed by atoms with E-state index in [9.17, 15) is 9.59 Å². The van der Waals surface area contributed by atoms with E-state index in [2.05, 4.69) is 26.8 Å². The van der Waals surface area contributed by atoms with Crippen LogP contribution in [0.2, 0.25) is 0 Å². The maximum atomic E-state index is 12.3. The summed E-state index contributed by atoms with van der Waals surface area (Å²) in [4.78, 5) is 24.6. The topological polar surface area (TPSA) is 67.4 Å². The van der Waals surface area contributed by atoms with E-state index in [1.807, 2.05) is 42.5 Å². The molecule has 0 saturated heterocycles. The van der Waals surface area contributed by atoms with Gasteiger partial charge < -0.3 is 4.74 Å². The van der Waals surface area contributed by atoms with Crippen LogP contribution < -0.4 is 15.6 Å². The molecule has 0 bridgehead atoms. The number of fused-ring (bicyclic) bond motifs is 1. The van der Waals surface area contributed by atoms with Crippen LogP contribution in [0.25, 0.3) is 10.8 Å². The average Bonchev–Trinajstić information content (AvgIpc) is 2.66. The van der Waals surface area contributed by atoms with E-state index in [0.29, 0.717) is 11.3 Å². The normalized spacial score (nSPS) is 10.4. The Morgan fingerprint density at radius 1 is 1.00 bits per heavy atom. The van der Waals surface area contributed by atoms with Gasteiger partial charge in [-0.15, -0.1) is 0 Å². The van der Waals surface area contributed by atoms with Crippen molar-refractivity contribution in [1.29, 1.82) is 0 Å². The first-order chi connectivity index (χ1) is 12.6. The van der Waals surface area contributed by atoms with E-state index in [1.165, 1.54) is 7.11 Å². The van der Waals surface area contributed by atoms with Gasteiger partial charge in [-0.3, -0.25) is 20.4 Å². The van der Waals surface area contributed by atoms with Crippen molar-refractivity contribution in [3.63, 3.8) is 0 Å². The van der Waals surface area contributed by atoms with Gasteiger partial charge >= 0.3 is 0 Å². The molecule has 0 atom stereocenters. The molecule has 3 aromatic carbocycles. The number of amides is 2. The van der Waals surface area contributed by atoms with Gasteiger partial charge in [-0.05, 0) is 34.5 Å². The molecular weight excluding hydrogens is 396 g/mol. The summed E-state index contributed by atoms with van der Waals surface area (Å²) >= 11 is 3.32. The predicted molar refractivity (Wildman–Crippen MR) is 104 cm³/mol. The smallest absolute Gasteiger partial charge is 0.273 e. The maximum absolute atomic E-state index is 12.3.